The fourth-order valence-electron chi connectivity index (χ4n) is 0.642. The summed E-state index contributed by atoms with van der Waals surface area (Å²) in [7, 11) is 0. The van der Waals surface area contributed by atoms with Crippen LogP contribution in [0.15, 0.2) is 60.7 Å². The van der Waals surface area contributed by atoms with Gasteiger partial charge < -0.3 is 14.9 Å². The van der Waals surface area contributed by atoms with Gasteiger partial charge >= 0.3 is 0 Å². The molecule has 13 heavy (non-hydrogen) atoms. The van der Waals surface area contributed by atoms with Gasteiger partial charge in [0.25, 0.3) is 0 Å². The number of hydrogen-bond donors (Lipinski definition) is 0. The maximum Gasteiger partial charge on any atom is 0 e. The van der Waals surface area contributed by atoms with Gasteiger partial charge in [0.05, 0.1) is 0 Å². The normalized spacial score (nSPS) is 6.15. The van der Waals surface area contributed by atoms with E-state index >= 15 is 0 Å². The predicted octanol–water partition coefficient (Wildman–Crippen LogP) is 3.71. The second-order valence-corrected chi connectivity index (χ2v) is 1.92. The summed E-state index contributed by atoms with van der Waals surface area (Å²) >= 11 is 0. The molecule has 0 saturated heterocycles. The van der Waals surface area contributed by atoms with E-state index in [2.05, 4.69) is 0 Å². The van der Waals surface area contributed by atoms with Crippen LogP contribution in [0.3, 0.4) is 0 Å². The topological polar surface area (TPSA) is 0 Å². The minimum atomic E-state index is 0. The Kier molecular flexibility index (Phi) is 19.6. The molecule has 0 spiro atoms. The monoisotopic (exact) mass is 258 g/mol. The third kappa shape index (κ3) is 11.4. The minimum absolute atomic E-state index is 0. The molecule has 0 atom stereocenters. The van der Waals surface area contributed by atoms with Crippen LogP contribution < -0.4 is 0 Å². The predicted molar refractivity (Wildman–Crippen MR) is 56.9 cm³/mol. The molecule has 0 heterocycles. The van der Waals surface area contributed by atoms with Gasteiger partial charge in [0.2, 0.25) is 0 Å². The van der Waals surface area contributed by atoms with Gasteiger partial charge in [-0.05, 0) is 0 Å². The maximum atomic E-state index is 2.00. The summed E-state index contributed by atoms with van der Waals surface area (Å²) in [6.07, 6.45) is 0. The summed E-state index contributed by atoms with van der Waals surface area (Å²) in [4.78, 5) is 0. The average molecular weight is 256 g/mol. The Morgan fingerprint density at radius 2 is 0.769 bits per heavy atom. The van der Waals surface area contributed by atoms with Crippen LogP contribution in [0.2, 0.25) is 0 Å². The summed E-state index contributed by atoms with van der Waals surface area (Å²) in [6, 6.07) is 20.0. The molecule has 0 N–H and O–H groups in total. The molecule has 0 saturated carbocycles. The fraction of sp³-hybridized carbons (Fsp3) is 0. The van der Waals surface area contributed by atoms with Crippen molar-refractivity contribution in [3.05, 3.63) is 75.5 Å². The molecule has 0 aliphatic rings. The Bertz CT molecular complexity index is 144. The van der Waals surface area contributed by atoms with Crippen molar-refractivity contribution in [2.45, 2.75) is 0 Å². The molecule has 2 aromatic carbocycles. The Balaban J connectivity index is -0.000000125. The second kappa shape index (κ2) is 13.9. The van der Waals surface area contributed by atoms with Crippen LogP contribution in [0.1, 0.15) is 0 Å². The van der Waals surface area contributed by atoms with Crippen molar-refractivity contribution in [3.8, 4) is 0 Å². The molecule has 0 nitrogen and oxygen atoms in total. The van der Waals surface area contributed by atoms with Gasteiger partial charge in [-0.2, -0.15) is 36.4 Å². The number of rotatable bonds is 0. The maximum absolute atomic E-state index is 2.00. The van der Waals surface area contributed by atoms with Crippen molar-refractivity contribution in [1.29, 1.82) is 0 Å². The van der Waals surface area contributed by atoms with E-state index in [0.717, 1.165) is 0 Å². The van der Waals surface area contributed by atoms with Crippen LogP contribution in [0.4, 0.5) is 0 Å². The van der Waals surface area contributed by atoms with E-state index < -0.39 is 0 Å². The molecule has 0 fully saturated rings. The molecular weight excluding hydrogens is 240 g/mol. The van der Waals surface area contributed by atoms with E-state index in [0.29, 0.717) is 0 Å². The molecule has 1 heteroatoms. The van der Waals surface area contributed by atoms with Crippen molar-refractivity contribution >= 4 is 0 Å². The summed E-state index contributed by atoms with van der Waals surface area (Å²) in [5, 5.41) is 0. The zero-order valence-electron chi connectivity index (χ0n) is 8.18. The van der Waals surface area contributed by atoms with Crippen LogP contribution in [-0.2, 0) is 21.1 Å². The zero-order chi connectivity index (χ0) is 7.07. The number of hydrogen-bond acceptors (Lipinski definition) is 0. The molecule has 0 unspecified atom stereocenters. The Hall–Kier alpha value is -0.612. The smallest absolute Gasteiger partial charge is 0 e. The van der Waals surface area contributed by atoms with Crippen LogP contribution in [0, 0.1) is 14.9 Å². The fourth-order valence-corrected chi connectivity index (χ4v) is 0.642. The van der Waals surface area contributed by atoms with Crippen molar-refractivity contribution in [2.75, 3.05) is 0 Å². The molecule has 2 aromatic rings. The van der Waals surface area contributed by atoms with E-state index in [-0.39, 0.29) is 35.9 Å². The van der Waals surface area contributed by atoms with Gasteiger partial charge in [-0.25, -0.2) is 24.3 Å². The third-order valence-corrected chi connectivity index (χ3v) is 1.11. The van der Waals surface area contributed by atoms with Crippen molar-refractivity contribution in [1.82, 2.24) is 0 Å². The average Bonchev–Trinajstić information content (AvgIpc) is 2.67. The standard InChI is InChI=1S/2C5H5.2CH3.Mo/c2*1-2-4-5-3-1;;;/h2*1-5H;2*1H3;/q4*-1;. The van der Waals surface area contributed by atoms with Gasteiger partial charge in [0.1, 0.15) is 0 Å². The quantitative estimate of drug-likeness (QED) is 0.498. The van der Waals surface area contributed by atoms with Gasteiger partial charge in [-0.1, -0.05) is 0 Å². The van der Waals surface area contributed by atoms with Crippen molar-refractivity contribution < 1.29 is 21.1 Å². The second-order valence-electron chi connectivity index (χ2n) is 1.92. The van der Waals surface area contributed by atoms with Crippen molar-refractivity contribution in [3.63, 3.8) is 0 Å². The van der Waals surface area contributed by atoms with Crippen LogP contribution in [0.25, 0.3) is 0 Å². The largest absolute Gasteiger partial charge is 0.358 e. The molecule has 0 aliphatic carbocycles. The van der Waals surface area contributed by atoms with Gasteiger partial charge in [-0.3, -0.25) is 0 Å². The summed E-state index contributed by atoms with van der Waals surface area (Å²) in [6.45, 7) is 0. The van der Waals surface area contributed by atoms with E-state index in [4.69, 9.17) is 0 Å². The Labute approximate surface area is 96.6 Å². The first-order valence-electron chi connectivity index (χ1n) is 3.33. The van der Waals surface area contributed by atoms with Crippen LogP contribution in [-0.4, -0.2) is 0 Å². The molecule has 74 valence electrons. The van der Waals surface area contributed by atoms with Gasteiger partial charge in [0.15, 0.2) is 0 Å². The van der Waals surface area contributed by atoms with E-state index in [9.17, 15) is 0 Å². The van der Waals surface area contributed by atoms with E-state index in [1.54, 1.807) is 0 Å². The van der Waals surface area contributed by atoms with E-state index in [1.807, 2.05) is 60.7 Å². The molecule has 2 rings (SSSR count). The molecule has 0 aromatic heterocycles. The molecule has 0 amide bonds. The first-order chi connectivity index (χ1) is 5.00. The Morgan fingerprint density at radius 1 is 0.538 bits per heavy atom. The zero-order valence-corrected chi connectivity index (χ0v) is 10.2. The van der Waals surface area contributed by atoms with Gasteiger partial charge in [-0.15, -0.1) is 0 Å². The van der Waals surface area contributed by atoms with E-state index in [1.165, 1.54) is 0 Å². The molecular formula is C12H16Mo-4. The molecule has 0 bridgehead atoms. The summed E-state index contributed by atoms with van der Waals surface area (Å²) in [5.74, 6) is 0. The van der Waals surface area contributed by atoms with Gasteiger partial charge in [0, 0.05) is 21.1 Å². The van der Waals surface area contributed by atoms with Crippen LogP contribution in [0.5, 0.6) is 0 Å². The summed E-state index contributed by atoms with van der Waals surface area (Å²) < 4.78 is 0. The summed E-state index contributed by atoms with van der Waals surface area (Å²) in [5.41, 5.74) is 0. The third-order valence-electron chi connectivity index (χ3n) is 1.11. The van der Waals surface area contributed by atoms with Crippen molar-refractivity contribution in [2.24, 2.45) is 0 Å². The molecule has 0 radical (unpaired) electrons. The van der Waals surface area contributed by atoms with Crippen LogP contribution >= 0.6 is 0 Å². The Morgan fingerprint density at radius 3 is 0.846 bits per heavy atom. The SMILES string of the molecule is [CH3-].[CH3-].[Mo].c1cc[cH-]c1.c1cc[cH-]c1. The first kappa shape index (κ1) is 18.2. The molecule has 0 aliphatic heterocycles. The first-order valence-corrected chi connectivity index (χ1v) is 3.33. The minimum Gasteiger partial charge on any atom is -0.358 e.